The highest BCUT2D eigenvalue weighted by molar-refractivity contribution is 7.80. The minimum atomic E-state index is 0.661. The van der Waals surface area contributed by atoms with E-state index in [4.69, 9.17) is 16.3 Å². The number of methoxy groups -OCH3 is 1. The van der Waals surface area contributed by atoms with Gasteiger partial charge in [-0.1, -0.05) is 17.7 Å². The average molecular weight is 246 g/mol. The molecule has 0 atom stereocenters. The lowest BCUT2D eigenvalue weighted by Crippen LogP contribution is -2.19. The summed E-state index contributed by atoms with van der Waals surface area (Å²) in [5.74, 6) is 1.58. The van der Waals surface area contributed by atoms with Crippen LogP contribution in [0, 0.1) is 0 Å². The highest BCUT2D eigenvalue weighted by Gasteiger charge is 2.03. The van der Waals surface area contributed by atoms with Crippen LogP contribution in [0.5, 0.6) is 5.75 Å². The number of hydrogen-bond acceptors (Lipinski definition) is 3. The molecule has 0 saturated carbocycles. The van der Waals surface area contributed by atoms with E-state index in [1.807, 2.05) is 18.2 Å². The van der Waals surface area contributed by atoms with Crippen molar-refractivity contribution in [3.05, 3.63) is 28.8 Å². The molecule has 0 N–H and O–H groups in total. The molecule has 1 aromatic rings. The summed E-state index contributed by atoms with van der Waals surface area (Å²) in [6, 6.07) is 5.86. The van der Waals surface area contributed by atoms with Crippen LogP contribution >= 0.6 is 24.2 Å². The second-order valence-corrected chi connectivity index (χ2v) is 4.28. The molecule has 4 heteroatoms. The maximum absolute atomic E-state index is 6.03. The minimum Gasteiger partial charge on any atom is -0.495 e. The first-order valence-electron chi connectivity index (χ1n) is 4.79. The third kappa shape index (κ3) is 3.93. The Hall–Kier alpha value is -0.380. The quantitative estimate of drug-likeness (QED) is 0.801. The second-order valence-electron chi connectivity index (χ2n) is 3.43. The van der Waals surface area contributed by atoms with E-state index in [0.717, 1.165) is 24.6 Å². The standard InChI is InChI=1S/C11H16ClNOS/c1-13(5-6-15)8-9-3-4-11(14-2)10(12)7-9/h3-4,7,15H,5-6,8H2,1-2H3. The van der Waals surface area contributed by atoms with Gasteiger partial charge in [0, 0.05) is 18.8 Å². The topological polar surface area (TPSA) is 12.5 Å². The molecule has 84 valence electrons. The van der Waals surface area contributed by atoms with Gasteiger partial charge in [0.05, 0.1) is 12.1 Å². The van der Waals surface area contributed by atoms with E-state index in [9.17, 15) is 0 Å². The lowest BCUT2D eigenvalue weighted by Gasteiger charge is -2.15. The Balaban J connectivity index is 2.66. The number of hydrogen-bond donors (Lipinski definition) is 1. The first kappa shape index (κ1) is 12.7. The van der Waals surface area contributed by atoms with Crippen LogP contribution in [-0.4, -0.2) is 31.4 Å². The SMILES string of the molecule is COc1ccc(CN(C)CCS)cc1Cl. The van der Waals surface area contributed by atoms with E-state index >= 15 is 0 Å². The van der Waals surface area contributed by atoms with Gasteiger partial charge < -0.3 is 9.64 Å². The van der Waals surface area contributed by atoms with Gasteiger partial charge in [-0.25, -0.2) is 0 Å². The summed E-state index contributed by atoms with van der Waals surface area (Å²) >= 11 is 10.2. The lowest BCUT2D eigenvalue weighted by molar-refractivity contribution is 0.348. The number of nitrogens with zero attached hydrogens (tertiary/aromatic N) is 1. The molecule has 0 unspecified atom stereocenters. The summed E-state index contributed by atoms with van der Waals surface area (Å²) < 4.78 is 5.09. The van der Waals surface area contributed by atoms with Crippen LogP contribution in [0.25, 0.3) is 0 Å². The Kier molecular flexibility index (Phi) is 5.29. The zero-order chi connectivity index (χ0) is 11.3. The molecule has 0 aliphatic carbocycles. The predicted molar refractivity (Wildman–Crippen MR) is 68.2 cm³/mol. The number of ether oxygens (including phenoxy) is 1. The summed E-state index contributed by atoms with van der Waals surface area (Å²) in [5.41, 5.74) is 1.19. The van der Waals surface area contributed by atoms with Crippen LogP contribution in [0.4, 0.5) is 0 Å². The smallest absolute Gasteiger partial charge is 0.137 e. The molecule has 0 saturated heterocycles. The summed E-state index contributed by atoms with van der Waals surface area (Å²) in [5, 5.41) is 0.661. The van der Waals surface area contributed by atoms with Gasteiger partial charge in [0.2, 0.25) is 0 Å². The molecule has 0 aliphatic rings. The molecule has 1 rings (SSSR count). The Labute approximate surface area is 102 Å². The molecule has 0 bridgehead atoms. The summed E-state index contributed by atoms with van der Waals surface area (Å²) in [4.78, 5) is 2.20. The molecule has 0 heterocycles. The monoisotopic (exact) mass is 245 g/mol. The van der Waals surface area contributed by atoms with E-state index < -0.39 is 0 Å². The van der Waals surface area contributed by atoms with E-state index in [1.54, 1.807) is 7.11 Å². The normalized spacial score (nSPS) is 10.7. The molecule has 2 nitrogen and oxygen atoms in total. The van der Waals surface area contributed by atoms with Gasteiger partial charge in [0.25, 0.3) is 0 Å². The number of rotatable bonds is 5. The summed E-state index contributed by atoms with van der Waals surface area (Å²) in [7, 11) is 3.68. The molecular weight excluding hydrogens is 230 g/mol. The van der Waals surface area contributed by atoms with E-state index in [2.05, 4.69) is 24.6 Å². The zero-order valence-corrected chi connectivity index (χ0v) is 10.7. The van der Waals surface area contributed by atoms with Gasteiger partial charge in [-0.05, 0) is 24.7 Å². The van der Waals surface area contributed by atoms with E-state index in [-0.39, 0.29) is 0 Å². The third-order valence-corrected chi connectivity index (χ3v) is 2.65. The molecule has 15 heavy (non-hydrogen) atoms. The highest BCUT2D eigenvalue weighted by atomic mass is 35.5. The van der Waals surface area contributed by atoms with Crippen molar-refractivity contribution in [2.24, 2.45) is 0 Å². The lowest BCUT2D eigenvalue weighted by atomic mass is 10.2. The van der Waals surface area contributed by atoms with Gasteiger partial charge in [0.1, 0.15) is 5.75 Å². The molecule has 0 aromatic heterocycles. The van der Waals surface area contributed by atoms with Crippen molar-refractivity contribution in [3.8, 4) is 5.75 Å². The van der Waals surface area contributed by atoms with Crippen LogP contribution < -0.4 is 4.74 Å². The van der Waals surface area contributed by atoms with Crippen LogP contribution in [0.3, 0.4) is 0 Å². The maximum Gasteiger partial charge on any atom is 0.137 e. The summed E-state index contributed by atoms with van der Waals surface area (Å²) in [6.07, 6.45) is 0. The largest absolute Gasteiger partial charge is 0.495 e. The number of benzene rings is 1. The first-order chi connectivity index (χ1) is 7.17. The van der Waals surface area contributed by atoms with Gasteiger partial charge in [-0.2, -0.15) is 12.6 Å². The average Bonchev–Trinajstić information content (AvgIpc) is 2.18. The Morgan fingerprint density at radius 1 is 1.47 bits per heavy atom. The van der Waals surface area contributed by atoms with Crippen molar-refractivity contribution in [1.82, 2.24) is 4.90 Å². The van der Waals surface area contributed by atoms with E-state index in [0.29, 0.717) is 5.02 Å². The van der Waals surface area contributed by atoms with Crippen LogP contribution in [-0.2, 0) is 6.54 Å². The zero-order valence-electron chi connectivity index (χ0n) is 9.03. The highest BCUT2D eigenvalue weighted by Crippen LogP contribution is 2.25. The second kappa shape index (κ2) is 6.26. The van der Waals surface area contributed by atoms with Crippen molar-refractivity contribution >= 4 is 24.2 Å². The summed E-state index contributed by atoms with van der Waals surface area (Å²) in [6.45, 7) is 1.84. The fraction of sp³-hybridized carbons (Fsp3) is 0.455. The van der Waals surface area contributed by atoms with Gasteiger partial charge in [-0.15, -0.1) is 0 Å². The molecule has 1 aromatic carbocycles. The third-order valence-electron chi connectivity index (χ3n) is 2.15. The molecule has 0 spiro atoms. The van der Waals surface area contributed by atoms with Gasteiger partial charge >= 0.3 is 0 Å². The van der Waals surface area contributed by atoms with Crippen molar-refractivity contribution in [1.29, 1.82) is 0 Å². The van der Waals surface area contributed by atoms with Crippen LogP contribution in [0.15, 0.2) is 18.2 Å². The molecule has 0 fully saturated rings. The van der Waals surface area contributed by atoms with Gasteiger partial charge in [-0.3, -0.25) is 0 Å². The Bertz CT molecular complexity index is 319. The molecule has 0 radical (unpaired) electrons. The maximum atomic E-state index is 6.03. The predicted octanol–water partition coefficient (Wildman–Crippen LogP) is 2.71. The fourth-order valence-electron chi connectivity index (χ4n) is 1.37. The fourth-order valence-corrected chi connectivity index (χ4v) is 1.99. The van der Waals surface area contributed by atoms with Crippen molar-refractivity contribution < 1.29 is 4.74 Å². The molecular formula is C11H16ClNOS. The van der Waals surface area contributed by atoms with E-state index in [1.165, 1.54) is 5.56 Å². The van der Waals surface area contributed by atoms with Gasteiger partial charge in [0.15, 0.2) is 0 Å². The molecule has 0 aliphatic heterocycles. The van der Waals surface area contributed by atoms with Crippen molar-refractivity contribution in [3.63, 3.8) is 0 Å². The first-order valence-corrected chi connectivity index (χ1v) is 5.80. The Morgan fingerprint density at radius 3 is 2.73 bits per heavy atom. The Morgan fingerprint density at radius 2 is 2.20 bits per heavy atom. The van der Waals surface area contributed by atoms with Crippen LogP contribution in [0.1, 0.15) is 5.56 Å². The number of thiol groups is 1. The van der Waals surface area contributed by atoms with Crippen LogP contribution in [0.2, 0.25) is 5.02 Å². The minimum absolute atomic E-state index is 0.661. The van der Waals surface area contributed by atoms with Crippen molar-refractivity contribution in [2.75, 3.05) is 26.5 Å². The molecule has 0 amide bonds. The van der Waals surface area contributed by atoms with Crippen molar-refractivity contribution in [2.45, 2.75) is 6.54 Å². The number of halogens is 1.